The van der Waals surface area contributed by atoms with Gasteiger partial charge in [-0.15, -0.1) is 11.3 Å². The van der Waals surface area contributed by atoms with Crippen LogP contribution in [0.25, 0.3) is 10.2 Å². The lowest BCUT2D eigenvalue weighted by molar-refractivity contribution is 0.320. The second-order valence-electron chi connectivity index (χ2n) is 7.57. The van der Waals surface area contributed by atoms with E-state index < -0.39 is 0 Å². The molecule has 128 valence electrons. The topological polar surface area (TPSA) is 28.5 Å². The molecule has 0 bridgehead atoms. The molecule has 0 amide bonds. The minimum atomic E-state index is 0.525. The number of aromatic nitrogens is 1. The van der Waals surface area contributed by atoms with Crippen molar-refractivity contribution >= 4 is 27.3 Å². The summed E-state index contributed by atoms with van der Waals surface area (Å²) in [5, 5.41) is 1.29. The van der Waals surface area contributed by atoms with Crippen molar-refractivity contribution in [3.63, 3.8) is 0 Å². The second kappa shape index (κ2) is 6.93. The highest BCUT2D eigenvalue weighted by Crippen LogP contribution is 2.30. The van der Waals surface area contributed by atoms with E-state index in [1.807, 2.05) is 11.3 Å². The van der Waals surface area contributed by atoms with Gasteiger partial charge in [0.25, 0.3) is 0 Å². The zero-order valence-corrected chi connectivity index (χ0v) is 15.6. The summed E-state index contributed by atoms with van der Waals surface area (Å²) in [5.74, 6) is 1.26. The first-order valence-corrected chi connectivity index (χ1v) is 10.2. The molecule has 4 rings (SSSR count). The lowest BCUT2D eigenvalue weighted by atomic mass is 9.96. The summed E-state index contributed by atoms with van der Waals surface area (Å²) < 4.78 is 1.31. The normalized spacial score (nSPS) is 23.6. The van der Waals surface area contributed by atoms with Gasteiger partial charge in [0.05, 0.1) is 15.2 Å². The molecule has 1 aromatic heterocycles. The van der Waals surface area contributed by atoms with Crippen molar-refractivity contribution in [1.82, 2.24) is 9.88 Å². The molecule has 2 aliphatic rings. The van der Waals surface area contributed by atoms with Crippen molar-refractivity contribution in [2.24, 2.45) is 10.9 Å². The minimum absolute atomic E-state index is 0.525. The van der Waals surface area contributed by atoms with Crippen molar-refractivity contribution in [1.29, 1.82) is 0 Å². The monoisotopic (exact) mass is 341 g/mol. The van der Waals surface area contributed by atoms with Gasteiger partial charge in [-0.2, -0.15) is 0 Å². The Balaban J connectivity index is 1.54. The van der Waals surface area contributed by atoms with Crippen LogP contribution in [0.15, 0.2) is 23.2 Å². The molecule has 0 radical (unpaired) electrons. The van der Waals surface area contributed by atoms with Gasteiger partial charge >= 0.3 is 0 Å². The first-order chi connectivity index (χ1) is 11.7. The molecule has 3 heterocycles. The summed E-state index contributed by atoms with van der Waals surface area (Å²) in [4.78, 5) is 12.3. The number of hydrogen-bond acceptors (Lipinski definition) is 4. The highest BCUT2D eigenvalue weighted by Gasteiger charge is 2.19. The predicted molar refractivity (Wildman–Crippen MR) is 104 cm³/mol. The van der Waals surface area contributed by atoms with Crippen molar-refractivity contribution in [2.75, 3.05) is 26.2 Å². The molecule has 4 heteroatoms. The average molecular weight is 342 g/mol. The number of thiazole rings is 1. The van der Waals surface area contributed by atoms with Crippen LogP contribution in [-0.2, 0) is 0 Å². The van der Waals surface area contributed by atoms with E-state index in [1.165, 1.54) is 53.3 Å². The summed E-state index contributed by atoms with van der Waals surface area (Å²) in [5.41, 5.74) is 3.70. The quantitative estimate of drug-likeness (QED) is 0.805. The number of hydrogen-bond donors (Lipinski definition) is 0. The van der Waals surface area contributed by atoms with Crippen LogP contribution < -0.4 is 0 Å². The average Bonchev–Trinajstić information content (AvgIpc) is 3.24. The van der Waals surface area contributed by atoms with Crippen molar-refractivity contribution < 1.29 is 0 Å². The fourth-order valence-corrected chi connectivity index (χ4v) is 4.81. The summed E-state index contributed by atoms with van der Waals surface area (Å²) in [6.07, 6.45) is 5.08. The standard InChI is InChI=1S/C20H27N3S/c1-14-5-7-17(21-12-14)16-6-8-19-18(11-16)22-20(24-19)15(2)13-23-9-3-4-10-23/h6,8,11,14-15H,3-5,7,9-10,12-13H2,1-2H3/t14-,15?/m0/s1. The maximum atomic E-state index is 4.96. The van der Waals surface area contributed by atoms with Gasteiger partial charge in [-0.1, -0.05) is 19.9 Å². The molecule has 1 fully saturated rings. The predicted octanol–water partition coefficient (Wildman–Crippen LogP) is 4.71. The maximum absolute atomic E-state index is 4.96. The van der Waals surface area contributed by atoms with Gasteiger partial charge in [0, 0.05) is 24.7 Å². The van der Waals surface area contributed by atoms with Gasteiger partial charge < -0.3 is 4.90 Å². The first kappa shape index (κ1) is 16.2. The van der Waals surface area contributed by atoms with Gasteiger partial charge in [-0.3, -0.25) is 4.99 Å². The largest absolute Gasteiger partial charge is 0.303 e. The Labute approximate surface area is 148 Å². The summed E-state index contributed by atoms with van der Waals surface area (Å²) in [6.45, 7) is 9.26. The van der Waals surface area contributed by atoms with E-state index in [4.69, 9.17) is 9.98 Å². The Morgan fingerprint density at radius 2 is 2.12 bits per heavy atom. The van der Waals surface area contributed by atoms with Crippen LogP contribution in [0.1, 0.15) is 56.0 Å². The van der Waals surface area contributed by atoms with E-state index in [-0.39, 0.29) is 0 Å². The molecular formula is C20H27N3S. The molecule has 1 saturated heterocycles. The van der Waals surface area contributed by atoms with Crippen LogP contribution in [0, 0.1) is 5.92 Å². The third kappa shape index (κ3) is 3.40. The van der Waals surface area contributed by atoms with Gasteiger partial charge in [0.2, 0.25) is 0 Å². The molecule has 0 spiro atoms. The third-order valence-corrected chi connectivity index (χ3v) is 6.63. The van der Waals surface area contributed by atoms with Gasteiger partial charge in [0.1, 0.15) is 0 Å². The summed E-state index contributed by atoms with van der Waals surface area (Å²) in [7, 11) is 0. The van der Waals surface area contributed by atoms with Crippen molar-refractivity contribution in [3.05, 3.63) is 28.8 Å². The lowest BCUT2D eigenvalue weighted by Crippen LogP contribution is -2.24. The fraction of sp³-hybridized carbons (Fsp3) is 0.600. The van der Waals surface area contributed by atoms with E-state index in [2.05, 4.69) is 36.9 Å². The summed E-state index contributed by atoms with van der Waals surface area (Å²) in [6, 6.07) is 6.74. The van der Waals surface area contributed by atoms with Crippen LogP contribution in [0.2, 0.25) is 0 Å². The number of rotatable bonds is 4. The van der Waals surface area contributed by atoms with Crippen LogP contribution in [0.4, 0.5) is 0 Å². The Morgan fingerprint density at radius 1 is 1.29 bits per heavy atom. The Bertz CT molecular complexity index is 742. The highest BCUT2D eigenvalue weighted by atomic mass is 32.1. The molecule has 1 unspecified atom stereocenters. The highest BCUT2D eigenvalue weighted by molar-refractivity contribution is 7.18. The molecular weight excluding hydrogens is 314 g/mol. The van der Waals surface area contributed by atoms with Gasteiger partial charge in [-0.05, 0) is 62.4 Å². The van der Waals surface area contributed by atoms with Gasteiger partial charge in [-0.25, -0.2) is 4.98 Å². The molecule has 0 aliphatic carbocycles. The number of fused-ring (bicyclic) bond motifs is 1. The Morgan fingerprint density at radius 3 is 2.88 bits per heavy atom. The van der Waals surface area contributed by atoms with Crippen LogP contribution >= 0.6 is 11.3 Å². The molecule has 2 atom stereocenters. The molecule has 0 N–H and O–H groups in total. The van der Waals surface area contributed by atoms with E-state index in [1.54, 1.807) is 0 Å². The SMILES string of the molecule is CC(CN1CCCC1)c1nc2cc(C3=NC[C@@H](C)CC3)ccc2s1. The molecule has 0 saturated carbocycles. The minimum Gasteiger partial charge on any atom is -0.303 e. The van der Waals surface area contributed by atoms with Crippen LogP contribution in [0.3, 0.4) is 0 Å². The van der Waals surface area contributed by atoms with E-state index in [0.29, 0.717) is 5.92 Å². The lowest BCUT2D eigenvalue weighted by Gasteiger charge is -2.18. The molecule has 24 heavy (non-hydrogen) atoms. The number of nitrogens with zero attached hydrogens (tertiary/aromatic N) is 3. The molecule has 2 aliphatic heterocycles. The third-order valence-electron chi connectivity index (χ3n) is 5.36. The zero-order chi connectivity index (χ0) is 16.5. The van der Waals surface area contributed by atoms with Gasteiger partial charge in [0.15, 0.2) is 0 Å². The molecule has 2 aromatic rings. The first-order valence-electron chi connectivity index (χ1n) is 9.35. The number of benzene rings is 1. The maximum Gasteiger partial charge on any atom is 0.0979 e. The zero-order valence-electron chi connectivity index (χ0n) is 14.8. The van der Waals surface area contributed by atoms with Crippen molar-refractivity contribution in [2.45, 2.75) is 45.4 Å². The Hall–Kier alpha value is -1.26. The number of aliphatic imine (C=N–C) groups is 1. The van der Waals surface area contributed by atoms with E-state index in [9.17, 15) is 0 Å². The fourth-order valence-electron chi connectivity index (χ4n) is 3.82. The van der Waals surface area contributed by atoms with Crippen LogP contribution in [-0.4, -0.2) is 41.8 Å². The van der Waals surface area contributed by atoms with E-state index in [0.717, 1.165) is 30.9 Å². The Kier molecular flexibility index (Phi) is 4.68. The van der Waals surface area contributed by atoms with Crippen molar-refractivity contribution in [3.8, 4) is 0 Å². The molecule has 1 aromatic carbocycles. The number of likely N-dealkylation sites (tertiary alicyclic amines) is 1. The second-order valence-corrected chi connectivity index (χ2v) is 8.64. The molecule has 3 nitrogen and oxygen atoms in total. The van der Waals surface area contributed by atoms with E-state index >= 15 is 0 Å². The smallest absolute Gasteiger partial charge is 0.0979 e. The summed E-state index contributed by atoms with van der Waals surface area (Å²) >= 11 is 1.87. The van der Waals surface area contributed by atoms with Crippen LogP contribution in [0.5, 0.6) is 0 Å².